The van der Waals surface area contributed by atoms with Gasteiger partial charge in [0.15, 0.2) is 0 Å². The molecule has 31 heavy (non-hydrogen) atoms. The van der Waals surface area contributed by atoms with Crippen molar-refractivity contribution in [2.24, 2.45) is 0 Å². The minimum atomic E-state index is -4.75. The zero-order chi connectivity index (χ0) is 22.4. The summed E-state index contributed by atoms with van der Waals surface area (Å²) in [7, 11) is 0. The summed E-state index contributed by atoms with van der Waals surface area (Å²) in [5.41, 5.74) is 1.94. The van der Waals surface area contributed by atoms with Gasteiger partial charge in [0.1, 0.15) is 11.9 Å². The van der Waals surface area contributed by atoms with E-state index in [0.29, 0.717) is 33.3 Å². The lowest BCUT2D eigenvalue weighted by Gasteiger charge is -2.20. The number of aromatic nitrogens is 3. The van der Waals surface area contributed by atoms with Crippen molar-refractivity contribution < 1.29 is 27.8 Å². The van der Waals surface area contributed by atoms with Crippen molar-refractivity contribution in [1.29, 1.82) is 0 Å². The number of benzene rings is 2. The van der Waals surface area contributed by atoms with Crippen molar-refractivity contribution in [3.05, 3.63) is 75.5 Å². The van der Waals surface area contributed by atoms with E-state index >= 15 is 0 Å². The van der Waals surface area contributed by atoms with Crippen LogP contribution in [0.3, 0.4) is 0 Å². The highest BCUT2D eigenvalue weighted by Crippen LogP contribution is 2.31. The summed E-state index contributed by atoms with van der Waals surface area (Å²) in [6.45, 7) is 0.332. The summed E-state index contributed by atoms with van der Waals surface area (Å²) in [6.07, 6.45) is -3.22. The first kappa shape index (κ1) is 23.3. The van der Waals surface area contributed by atoms with E-state index in [1.54, 1.807) is 29.1 Å². The molecule has 0 saturated carbocycles. The topological polar surface area (TPSA) is 69.4 Å². The number of hydrogen-bond acceptors (Lipinski definition) is 5. The molecule has 0 bridgehead atoms. The van der Waals surface area contributed by atoms with Crippen LogP contribution in [0.1, 0.15) is 22.9 Å². The number of aliphatic hydroxyl groups is 1. The van der Waals surface area contributed by atoms with Crippen LogP contribution >= 0.6 is 23.2 Å². The van der Waals surface area contributed by atoms with Gasteiger partial charge in [-0.2, -0.15) is 0 Å². The molecule has 6 nitrogen and oxygen atoms in total. The molecule has 0 aliphatic carbocycles. The second kappa shape index (κ2) is 10.3. The third-order valence-corrected chi connectivity index (χ3v) is 4.79. The van der Waals surface area contributed by atoms with Gasteiger partial charge in [-0.15, -0.1) is 18.3 Å². The van der Waals surface area contributed by atoms with E-state index in [-0.39, 0.29) is 25.5 Å². The molecule has 0 aliphatic rings. The third-order valence-electron chi connectivity index (χ3n) is 4.22. The summed E-state index contributed by atoms with van der Waals surface area (Å²) in [5, 5.41) is 17.9. The van der Waals surface area contributed by atoms with E-state index < -0.39 is 12.5 Å². The smallest absolute Gasteiger partial charge is 0.406 e. The Morgan fingerprint density at radius 2 is 1.84 bits per heavy atom. The predicted octanol–water partition coefficient (Wildman–Crippen LogP) is 4.98. The molecule has 0 spiro atoms. The van der Waals surface area contributed by atoms with Gasteiger partial charge in [-0.25, -0.2) is 4.68 Å². The fourth-order valence-electron chi connectivity index (χ4n) is 2.81. The first-order valence-corrected chi connectivity index (χ1v) is 9.90. The highest BCUT2D eigenvalue weighted by molar-refractivity contribution is 6.35. The Balaban J connectivity index is 1.74. The van der Waals surface area contributed by atoms with Crippen LogP contribution in [0.2, 0.25) is 10.0 Å². The van der Waals surface area contributed by atoms with E-state index in [9.17, 15) is 13.2 Å². The Morgan fingerprint density at radius 3 is 2.48 bits per heavy atom. The molecule has 1 atom stereocenters. The molecule has 3 aromatic rings. The average Bonchev–Trinajstić information content (AvgIpc) is 3.13. The maximum Gasteiger partial charge on any atom is 0.573 e. The standard InChI is InChI=1S/C20H18Cl2F3N3O3/c21-14-3-6-17(18(22)9-14)19(11-28-10-15(7-8-29)26-27-28)30-12-13-1-4-16(5-2-13)31-20(23,24)25/h1-6,9-10,19,29H,7-8,11-12H2. The van der Waals surface area contributed by atoms with Gasteiger partial charge in [0.25, 0.3) is 0 Å². The largest absolute Gasteiger partial charge is 0.573 e. The van der Waals surface area contributed by atoms with Gasteiger partial charge in [0.05, 0.1) is 18.8 Å². The molecular weight excluding hydrogens is 458 g/mol. The molecule has 0 radical (unpaired) electrons. The lowest BCUT2D eigenvalue weighted by molar-refractivity contribution is -0.274. The lowest BCUT2D eigenvalue weighted by Crippen LogP contribution is -2.17. The van der Waals surface area contributed by atoms with Crippen LogP contribution < -0.4 is 4.74 Å². The molecule has 0 fully saturated rings. The normalized spacial score (nSPS) is 12.7. The summed E-state index contributed by atoms with van der Waals surface area (Å²) in [4.78, 5) is 0. The molecular formula is C20H18Cl2F3N3O3. The number of aliphatic hydroxyl groups excluding tert-OH is 1. The molecule has 0 aliphatic heterocycles. The van der Waals surface area contributed by atoms with Gasteiger partial charge in [0, 0.05) is 34.8 Å². The Bertz CT molecular complexity index is 997. The Hall–Kier alpha value is -2.33. The lowest BCUT2D eigenvalue weighted by atomic mass is 10.1. The first-order chi connectivity index (χ1) is 14.7. The third kappa shape index (κ3) is 7.10. The van der Waals surface area contributed by atoms with Gasteiger partial charge >= 0.3 is 6.36 Å². The molecule has 1 N–H and O–H groups in total. The minimum absolute atomic E-state index is 0.0459. The van der Waals surface area contributed by atoms with Crippen LogP contribution in [0.15, 0.2) is 48.7 Å². The van der Waals surface area contributed by atoms with Gasteiger partial charge in [-0.05, 0) is 29.8 Å². The number of halogens is 5. The van der Waals surface area contributed by atoms with Crippen LogP contribution in [0, 0.1) is 0 Å². The Labute approximate surface area is 186 Å². The van der Waals surface area contributed by atoms with Crippen LogP contribution in [0.4, 0.5) is 13.2 Å². The first-order valence-electron chi connectivity index (χ1n) is 9.14. The SMILES string of the molecule is OCCc1cn(CC(OCc2ccc(OC(F)(F)F)cc2)c2ccc(Cl)cc2Cl)nn1. The van der Waals surface area contributed by atoms with Crippen LogP contribution in [0.25, 0.3) is 0 Å². The van der Waals surface area contributed by atoms with Crippen LogP contribution in [-0.4, -0.2) is 33.1 Å². The number of rotatable bonds is 9. The van der Waals surface area contributed by atoms with Crippen molar-refractivity contribution >= 4 is 23.2 Å². The zero-order valence-electron chi connectivity index (χ0n) is 16.0. The van der Waals surface area contributed by atoms with Crippen molar-refractivity contribution in [3.8, 4) is 5.75 Å². The minimum Gasteiger partial charge on any atom is -0.406 e. The van der Waals surface area contributed by atoms with Crippen LogP contribution in [-0.2, 0) is 24.3 Å². The zero-order valence-corrected chi connectivity index (χ0v) is 17.5. The number of hydrogen-bond donors (Lipinski definition) is 1. The van der Waals surface area contributed by atoms with Gasteiger partial charge in [-0.3, -0.25) is 0 Å². The fraction of sp³-hybridized carbons (Fsp3) is 0.300. The maximum atomic E-state index is 12.3. The molecule has 1 aromatic heterocycles. The number of ether oxygens (including phenoxy) is 2. The van der Waals surface area contributed by atoms with E-state index in [2.05, 4.69) is 15.0 Å². The van der Waals surface area contributed by atoms with Crippen molar-refractivity contribution in [2.75, 3.05) is 6.61 Å². The molecule has 166 valence electrons. The molecule has 1 heterocycles. The average molecular weight is 476 g/mol. The molecule has 3 rings (SSSR count). The van der Waals surface area contributed by atoms with Crippen LogP contribution in [0.5, 0.6) is 5.75 Å². The second-order valence-electron chi connectivity index (χ2n) is 6.56. The maximum absolute atomic E-state index is 12.3. The van der Waals surface area contributed by atoms with E-state index in [0.717, 1.165) is 0 Å². The quantitative estimate of drug-likeness (QED) is 0.472. The number of alkyl halides is 3. The molecule has 1 unspecified atom stereocenters. The molecule has 11 heteroatoms. The summed E-state index contributed by atoms with van der Waals surface area (Å²) >= 11 is 12.3. The van der Waals surface area contributed by atoms with Gasteiger partial charge < -0.3 is 14.6 Å². The highest BCUT2D eigenvalue weighted by Gasteiger charge is 2.31. The van der Waals surface area contributed by atoms with Gasteiger partial charge in [-0.1, -0.05) is 46.6 Å². The Kier molecular flexibility index (Phi) is 7.77. The molecule has 0 saturated heterocycles. The van der Waals surface area contributed by atoms with E-state index in [1.165, 1.54) is 24.3 Å². The Morgan fingerprint density at radius 1 is 1.10 bits per heavy atom. The van der Waals surface area contributed by atoms with E-state index in [1.807, 2.05) is 0 Å². The highest BCUT2D eigenvalue weighted by atomic mass is 35.5. The summed E-state index contributed by atoms with van der Waals surface area (Å²) < 4.78 is 48.4. The van der Waals surface area contributed by atoms with E-state index in [4.69, 9.17) is 33.0 Å². The predicted molar refractivity (Wildman–Crippen MR) is 108 cm³/mol. The van der Waals surface area contributed by atoms with Gasteiger partial charge in [0.2, 0.25) is 0 Å². The second-order valence-corrected chi connectivity index (χ2v) is 7.41. The molecule has 0 amide bonds. The summed E-state index contributed by atoms with van der Waals surface area (Å²) in [5.74, 6) is -0.312. The van der Waals surface area contributed by atoms with Crippen molar-refractivity contribution in [2.45, 2.75) is 32.0 Å². The molecule has 2 aromatic carbocycles. The van der Waals surface area contributed by atoms with Crippen molar-refractivity contribution in [1.82, 2.24) is 15.0 Å². The summed E-state index contributed by atoms with van der Waals surface area (Å²) in [6, 6.07) is 10.4. The number of nitrogens with zero attached hydrogens (tertiary/aromatic N) is 3. The van der Waals surface area contributed by atoms with Crippen molar-refractivity contribution in [3.63, 3.8) is 0 Å². The monoisotopic (exact) mass is 475 g/mol. The fourth-order valence-corrected chi connectivity index (χ4v) is 3.34.